The Balaban J connectivity index is 2.70. The van der Waals surface area contributed by atoms with Crippen LogP contribution in [0.25, 0.3) is 0 Å². The van der Waals surface area contributed by atoms with Crippen LogP contribution in [-0.2, 0) is 19.6 Å². The molecule has 0 saturated carbocycles. The number of aromatic nitrogens is 2. The molecule has 14 nitrogen and oxygen atoms in total. The molecule has 0 bridgehead atoms. The SMILES string of the molecule is C=C(C)C(=O)OCC(CO)n1c(/N=N/c2cc(OC)c(N(CC)CC)cc2NS(C)(=O)=O)nc(C#N)c1C#N. The molecule has 0 aliphatic heterocycles. The molecule has 0 saturated heterocycles. The molecular formula is C24H30N8O6S. The number of ether oxygens (including phenoxy) is 2. The molecule has 39 heavy (non-hydrogen) atoms. The normalized spacial score (nSPS) is 11.9. The lowest BCUT2D eigenvalue weighted by Crippen LogP contribution is -2.23. The van der Waals surface area contributed by atoms with Crippen molar-refractivity contribution in [1.82, 2.24) is 9.55 Å². The van der Waals surface area contributed by atoms with E-state index in [1.165, 1.54) is 20.1 Å². The molecule has 0 radical (unpaired) electrons. The van der Waals surface area contributed by atoms with Gasteiger partial charge in [0.2, 0.25) is 10.0 Å². The predicted molar refractivity (Wildman–Crippen MR) is 143 cm³/mol. The first-order valence-electron chi connectivity index (χ1n) is 11.7. The molecule has 1 aromatic heterocycles. The number of aliphatic hydroxyl groups excluding tert-OH is 1. The Kier molecular flexibility index (Phi) is 10.5. The van der Waals surface area contributed by atoms with Crippen LogP contribution < -0.4 is 14.4 Å². The number of sulfonamides is 1. The van der Waals surface area contributed by atoms with Gasteiger partial charge in [0.25, 0.3) is 5.95 Å². The molecule has 0 fully saturated rings. The molecular weight excluding hydrogens is 528 g/mol. The number of hydrogen-bond acceptors (Lipinski definition) is 12. The number of carbonyl (C=O) groups excluding carboxylic acids is 1. The van der Waals surface area contributed by atoms with E-state index in [9.17, 15) is 28.8 Å². The Labute approximate surface area is 226 Å². The van der Waals surface area contributed by atoms with Crippen LogP contribution in [-0.4, -0.2) is 68.7 Å². The smallest absolute Gasteiger partial charge is 0.333 e. The Hall–Kier alpha value is -4.47. The lowest BCUT2D eigenvalue weighted by molar-refractivity contribution is -0.140. The topological polar surface area (TPSA) is 195 Å². The molecule has 1 aromatic carbocycles. The van der Waals surface area contributed by atoms with Crippen LogP contribution in [0.15, 0.2) is 34.5 Å². The van der Waals surface area contributed by atoms with Crippen LogP contribution in [0.4, 0.5) is 23.0 Å². The van der Waals surface area contributed by atoms with E-state index in [0.717, 1.165) is 10.8 Å². The van der Waals surface area contributed by atoms with Crippen molar-refractivity contribution < 1.29 is 27.8 Å². The summed E-state index contributed by atoms with van der Waals surface area (Å²) in [6, 6.07) is 5.62. The lowest BCUT2D eigenvalue weighted by Gasteiger charge is -2.24. The third kappa shape index (κ3) is 7.53. The Bertz CT molecular complexity index is 1450. The fraction of sp³-hybridized carbons (Fsp3) is 0.417. The van der Waals surface area contributed by atoms with Crippen molar-refractivity contribution in [3.8, 4) is 17.9 Å². The second kappa shape index (κ2) is 13.4. The highest BCUT2D eigenvalue weighted by Crippen LogP contribution is 2.40. The number of nitrogens with one attached hydrogen (secondary N) is 1. The predicted octanol–water partition coefficient (Wildman–Crippen LogP) is 2.92. The van der Waals surface area contributed by atoms with Gasteiger partial charge in [-0.15, -0.1) is 10.2 Å². The van der Waals surface area contributed by atoms with E-state index < -0.39 is 28.6 Å². The lowest BCUT2D eigenvalue weighted by atomic mass is 10.2. The number of benzene rings is 1. The zero-order valence-corrected chi connectivity index (χ0v) is 23.1. The highest BCUT2D eigenvalue weighted by Gasteiger charge is 2.25. The van der Waals surface area contributed by atoms with Gasteiger partial charge in [-0.3, -0.25) is 9.29 Å². The van der Waals surface area contributed by atoms with E-state index in [1.54, 1.807) is 12.1 Å². The maximum atomic E-state index is 12.1. The fourth-order valence-electron chi connectivity index (χ4n) is 3.52. The highest BCUT2D eigenvalue weighted by molar-refractivity contribution is 7.92. The maximum Gasteiger partial charge on any atom is 0.333 e. The number of aliphatic hydroxyl groups is 1. The molecule has 0 amide bonds. The summed E-state index contributed by atoms with van der Waals surface area (Å²) < 4.78 is 38.3. The van der Waals surface area contributed by atoms with Crippen molar-refractivity contribution >= 4 is 39.0 Å². The average Bonchev–Trinajstić information content (AvgIpc) is 3.25. The summed E-state index contributed by atoms with van der Waals surface area (Å²) in [5, 5.41) is 37.3. The van der Waals surface area contributed by atoms with Gasteiger partial charge in [-0.05, 0) is 26.8 Å². The largest absolute Gasteiger partial charge is 0.494 e. The summed E-state index contributed by atoms with van der Waals surface area (Å²) in [6.45, 7) is 9.07. The minimum Gasteiger partial charge on any atom is -0.494 e. The van der Waals surface area contributed by atoms with E-state index in [2.05, 4.69) is 26.5 Å². The summed E-state index contributed by atoms with van der Waals surface area (Å²) in [5.41, 5.74) is 0.364. The number of methoxy groups -OCH3 is 1. The molecule has 2 aromatic rings. The zero-order valence-electron chi connectivity index (χ0n) is 22.3. The van der Waals surface area contributed by atoms with Gasteiger partial charge in [-0.25, -0.2) is 13.2 Å². The van der Waals surface area contributed by atoms with Gasteiger partial charge in [-0.2, -0.15) is 15.5 Å². The second-order valence-electron chi connectivity index (χ2n) is 8.21. The first-order valence-corrected chi connectivity index (χ1v) is 13.6. The molecule has 1 atom stereocenters. The molecule has 2 N–H and O–H groups in total. The number of carbonyl (C=O) groups is 1. The van der Waals surface area contributed by atoms with Crippen LogP contribution >= 0.6 is 0 Å². The van der Waals surface area contributed by atoms with E-state index in [4.69, 9.17) is 9.47 Å². The van der Waals surface area contributed by atoms with Crippen LogP contribution in [0.5, 0.6) is 5.75 Å². The number of nitriles is 2. The Morgan fingerprint density at radius 3 is 2.44 bits per heavy atom. The number of anilines is 2. The molecule has 208 valence electrons. The van der Waals surface area contributed by atoms with Crippen molar-refractivity contribution in [2.45, 2.75) is 26.8 Å². The Morgan fingerprint density at radius 1 is 1.28 bits per heavy atom. The van der Waals surface area contributed by atoms with Crippen LogP contribution in [0, 0.1) is 22.7 Å². The molecule has 0 aliphatic carbocycles. The van der Waals surface area contributed by atoms with Gasteiger partial charge in [0, 0.05) is 24.7 Å². The molecule has 0 aliphatic rings. The minimum absolute atomic E-state index is 0.0500. The van der Waals surface area contributed by atoms with Crippen LogP contribution in [0.2, 0.25) is 0 Å². The zero-order chi connectivity index (χ0) is 29.3. The van der Waals surface area contributed by atoms with Gasteiger partial charge in [0.15, 0.2) is 11.4 Å². The summed E-state index contributed by atoms with van der Waals surface area (Å²) >= 11 is 0. The third-order valence-electron chi connectivity index (χ3n) is 5.38. The number of rotatable bonds is 13. The first-order chi connectivity index (χ1) is 18.4. The molecule has 1 unspecified atom stereocenters. The molecule has 2 rings (SSSR count). The minimum atomic E-state index is -3.72. The van der Waals surface area contributed by atoms with Crippen molar-refractivity contribution in [2.75, 3.05) is 49.3 Å². The van der Waals surface area contributed by atoms with Gasteiger partial charge in [0.1, 0.15) is 30.2 Å². The van der Waals surface area contributed by atoms with E-state index in [1.807, 2.05) is 24.8 Å². The van der Waals surface area contributed by atoms with Gasteiger partial charge < -0.3 is 19.5 Å². The third-order valence-corrected chi connectivity index (χ3v) is 5.97. The average molecular weight is 559 g/mol. The number of azo groups is 1. The fourth-order valence-corrected chi connectivity index (χ4v) is 4.08. The summed E-state index contributed by atoms with van der Waals surface area (Å²) in [4.78, 5) is 17.9. The molecule has 0 spiro atoms. The van der Waals surface area contributed by atoms with Crippen molar-refractivity contribution in [3.63, 3.8) is 0 Å². The van der Waals surface area contributed by atoms with Crippen LogP contribution in [0.1, 0.15) is 38.2 Å². The van der Waals surface area contributed by atoms with E-state index in [0.29, 0.717) is 24.5 Å². The summed E-state index contributed by atoms with van der Waals surface area (Å²) in [7, 11) is -2.27. The highest BCUT2D eigenvalue weighted by atomic mass is 32.2. The van der Waals surface area contributed by atoms with E-state index >= 15 is 0 Å². The van der Waals surface area contributed by atoms with Crippen molar-refractivity contribution in [1.29, 1.82) is 10.5 Å². The van der Waals surface area contributed by atoms with Gasteiger partial charge >= 0.3 is 5.97 Å². The summed E-state index contributed by atoms with van der Waals surface area (Å²) in [6.07, 6.45) is 0.985. The van der Waals surface area contributed by atoms with Crippen molar-refractivity contribution in [3.05, 3.63) is 35.7 Å². The number of nitrogens with zero attached hydrogens (tertiary/aromatic N) is 7. The Morgan fingerprint density at radius 2 is 1.95 bits per heavy atom. The molecule has 15 heteroatoms. The van der Waals surface area contributed by atoms with E-state index in [-0.39, 0.29) is 40.9 Å². The maximum absolute atomic E-state index is 12.1. The second-order valence-corrected chi connectivity index (χ2v) is 9.95. The standard InChI is InChI=1S/C24H30N8O6S/c1-7-31(8-2)20-9-18(30-39(6,35)36)17(10-22(20)37-5)28-29-24-27-19(11-25)21(12-26)32(24)16(13-33)14-38-23(34)15(3)4/h9-10,16,30,33H,3,7-8,13-14H2,1-2,4-6H3/b29-28+. The van der Waals surface area contributed by atoms with Crippen LogP contribution in [0.3, 0.4) is 0 Å². The van der Waals surface area contributed by atoms with Crippen molar-refractivity contribution in [2.24, 2.45) is 10.2 Å². The van der Waals surface area contributed by atoms with Gasteiger partial charge in [-0.1, -0.05) is 6.58 Å². The summed E-state index contributed by atoms with van der Waals surface area (Å²) in [5.74, 6) is -0.580. The number of hydrogen-bond donors (Lipinski definition) is 2. The van der Waals surface area contributed by atoms with Gasteiger partial charge in [0.05, 0.1) is 37.4 Å². The first kappa shape index (κ1) is 30.8. The quantitative estimate of drug-likeness (QED) is 0.209. The number of imidazole rings is 1. The number of esters is 1. The monoisotopic (exact) mass is 558 g/mol. The molecule has 1 heterocycles.